The maximum Gasteiger partial charge on any atom is 0.407 e. The quantitative estimate of drug-likeness (QED) is 0.169. The van der Waals surface area contributed by atoms with E-state index in [0.29, 0.717) is 45.5 Å². The minimum atomic E-state index is -1.08. The number of hydrogen-bond acceptors (Lipinski definition) is 9. The summed E-state index contributed by atoms with van der Waals surface area (Å²) < 4.78 is 22.5. The molecule has 3 aromatic rings. The van der Waals surface area contributed by atoms with Gasteiger partial charge in [-0.1, -0.05) is 78.9 Å². The molecular weight excluding hydrogens is 674 g/mol. The number of nitrogens with one attached hydrogen (secondary N) is 2. The van der Waals surface area contributed by atoms with Crippen LogP contribution in [0, 0.1) is 5.92 Å². The molecule has 3 aliphatic rings. The summed E-state index contributed by atoms with van der Waals surface area (Å²) >= 11 is 0. The van der Waals surface area contributed by atoms with Crippen LogP contribution in [0.1, 0.15) is 54.0 Å². The molecule has 2 heterocycles. The maximum absolute atomic E-state index is 14.0. The van der Waals surface area contributed by atoms with E-state index in [9.17, 15) is 19.8 Å². The fourth-order valence-electron chi connectivity index (χ4n) is 7.24. The lowest BCUT2D eigenvalue weighted by Gasteiger charge is -2.29. The first-order valence-corrected chi connectivity index (χ1v) is 18.9. The van der Waals surface area contributed by atoms with E-state index in [-0.39, 0.29) is 18.4 Å². The van der Waals surface area contributed by atoms with E-state index in [1.54, 1.807) is 0 Å². The molecule has 0 spiro atoms. The van der Waals surface area contributed by atoms with Crippen molar-refractivity contribution < 1.29 is 38.7 Å². The zero-order valence-corrected chi connectivity index (χ0v) is 30.3. The number of morpholine rings is 1. The van der Waals surface area contributed by atoms with Crippen LogP contribution >= 0.6 is 0 Å². The van der Waals surface area contributed by atoms with Gasteiger partial charge in [0.05, 0.1) is 44.1 Å². The summed E-state index contributed by atoms with van der Waals surface area (Å²) in [5, 5.41) is 28.6. The smallest absolute Gasteiger partial charge is 0.407 e. The Bertz CT molecular complexity index is 1610. The van der Waals surface area contributed by atoms with Crippen LogP contribution in [-0.2, 0) is 31.8 Å². The number of aliphatic hydroxyl groups excluding tert-OH is 2. The number of fused-ring (bicyclic) bond motifs is 1. The molecule has 284 valence electrons. The highest BCUT2D eigenvalue weighted by Crippen LogP contribution is 2.32. The van der Waals surface area contributed by atoms with Crippen LogP contribution in [0.4, 0.5) is 4.79 Å². The summed E-state index contributed by atoms with van der Waals surface area (Å²) in [6, 6.07) is 23.9. The number of alkyl carbamates (subject to hydrolysis) is 1. The normalized spacial score (nSPS) is 22.0. The molecule has 2 aliphatic heterocycles. The Morgan fingerprint density at radius 1 is 0.962 bits per heavy atom. The highest BCUT2D eigenvalue weighted by molar-refractivity contribution is 5.80. The number of nitrogens with zero attached hydrogens (tertiary/aromatic N) is 1. The average Bonchev–Trinajstić information content (AvgIpc) is 3.50. The van der Waals surface area contributed by atoms with Gasteiger partial charge in [-0.05, 0) is 66.5 Å². The number of hydrogen-bond donors (Lipinski definition) is 4. The largest absolute Gasteiger partial charge is 0.492 e. The molecular formula is C42H53N3O8. The molecule has 2 fully saturated rings. The van der Waals surface area contributed by atoms with Crippen molar-refractivity contribution in [3.63, 3.8) is 0 Å². The van der Waals surface area contributed by atoms with Crippen molar-refractivity contribution in [1.29, 1.82) is 0 Å². The van der Waals surface area contributed by atoms with E-state index >= 15 is 0 Å². The lowest BCUT2D eigenvalue weighted by Crippen LogP contribution is -2.48. The average molecular weight is 728 g/mol. The van der Waals surface area contributed by atoms with E-state index in [1.807, 2.05) is 91.0 Å². The Morgan fingerprint density at radius 3 is 2.51 bits per heavy atom. The van der Waals surface area contributed by atoms with Gasteiger partial charge in [0.2, 0.25) is 5.91 Å². The number of aliphatic hydroxyl groups is 2. The molecule has 11 nitrogen and oxygen atoms in total. The van der Waals surface area contributed by atoms with Crippen molar-refractivity contribution >= 4 is 18.1 Å². The van der Waals surface area contributed by atoms with Gasteiger partial charge in [0, 0.05) is 38.6 Å². The van der Waals surface area contributed by atoms with E-state index in [1.165, 1.54) is 0 Å². The van der Waals surface area contributed by atoms with Crippen molar-refractivity contribution in [3.8, 4) is 5.75 Å². The number of amides is 2. The minimum Gasteiger partial charge on any atom is -0.492 e. The first-order valence-electron chi connectivity index (χ1n) is 18.9. The van der Waals surface area contributed by atoms with E-state index in [0.717, 1.165) is 67.3 Å². The standard InChI is InChI=1S/C42H53N3O8/c46-38(37(26-31-8-2-1-3-9-31)43-42(49)53-35-13-7-22-51-29-35)28-33(41(48)44-40-36-14-5-4-11-32(36)27-39(40)47)12-6-10-30-15-17-34(18-16-30)52-25-21-45-19-23-50-24-20-45/h1-6,8-11,14-18,33,35,37-40,46-47H,7,12-13,19-29H2,(H,43,49)(H,44,48)/t33-,35+,37+,38+,39-,40+/m1/s1. The summed E-state index contributed by atoms with van der Waals surface area (Å²) in [7, 11) is 0. The van der Waals surface area contributed by atoms with Crippen LogP contribution in [0.25, 0.3) is 6.08 Å². The van der Waals surface area contributed by atoms with Crippen molar-refractivity contribution in [1.82, 2.24) is 15.5 Å². The van der Waals surface area contributed by atoms with Crippen molar-refractivity contribution in [2.75, 3.05) is 52.7 Å². The predicted octanol–water partition coefficient (Wildman–Crippen LogP) is 4.46. The molecule has 4 N–H and O–H groups in total. The Morgan fingerprint density at radius 2 is 1.74 bits per heavy atom. The zero-order chi connectivity index (χ0) is 36.8. The molecule has 1 aliphatic carbocycles. The van der Waals surface area contributed by atoms with Crippen LogP contribution in [0.2, 0.25) is 0 Å². The third-order valence-corrected chi connectivity index (χ3v) is 10.2. The molecule has 0 saturated carbocycles. The summed E-state index contributed by atoms with van der Waals surface area (Å²) in [4.78, 5) is 29.4. The Kier molecular flexibility index (Phi) is 14.3. The summed E-state index contributed by atoms with van der Waals surface area (Å²) in [5.74, 6) is -0.150. The second-order valence-corrected chi connectivity index (χ2v) is 14.2. The number of ether oxygens (including phenoxy) is 4. The predicted molar refractivity (Wildman–Crippen MR) is 201 cm³/mol. The summed E-state index contributed by atoms with van der Waals surface area (Å²) in [6.07, 6.45) is 3.81. The SMILES string of the molecule is O=C(N[C@@H](Cc1ccccc1)[C@@H](O)C[C@@H](CC=Cc1ccc(OCCN2CCOCC2)cc1)C(=O)N[C@H]1c2ccccc2C[C@H]1O)O[C@H]1CCCOC1. The number of rotatable bonds is 16. The van der Waals surface area contributed by atoms with Gasteiger partial charge in [-0.2, -0.15) is 0 Å². The van der Waals surface area contributed by atoms with Gasteiger partial charge in [0.25, 0.3) is 0 Å². The minimum absolute atomic E-state index is 0.0703. The molecule has 0 radical (unpaired) electrons. The fourth-order valence-corrected chi connectivity index (χ4v) is 7.24. The highest BCUT2D eigenvalue weighted by Gasteiger charge is 2.35. The van der Waals surface area contributed by atoms with Crippen LogP contribution in [-0.4, -0.2) is 104 Å². The zero-order valence-electron chi connectivity index (χ0n) is 30.3. The van der Waals surface area contributed by atoms with Crippen molar-refractivity contribution in [3.05, 3.63) is 107 Å². The monoisotopic (exact) mass is 727 g/mol. The number of carbonyl (C=O) groups excluding carboxylic acids is 2. The molecule has 0 unspecified atom stereocenters. The van der Waals surface area contributed by atoms with Gasteiger partial charge < -0.3 is 39.8 Å². The van der Waals surface area contributed by atoms with Gasteiger partial charge >= 0.3 is 6.09 Å². The second-order valence-electron chi connectivity index (χ2n) is 14.2. The molecule has 11 heteroatoms. The molecule has 0 bridgehead atoms. The first kappa shape index (κ1) is 38.5. The molecule has 53 heavy (non-hydrogen) atoms. The van der Waals surface area contributed by atoms with Crippen LogP contribution in [0.15, 0.2) is 84.9 Å². The molecule has 6 atom stereocenters. The fraction of sp³-hybridized carbons (Fsp3) is 0.476. The van der Waals surface area contributed by atoms with E-state index in [4.69, 9.17) is 18.9 Å². The third kappa shape index (κ3) is 11.6. The molecule has 2 saturated heterocycles. The molecule has 2 amide bonds. The summed E-state index contributed by atoms with van der Waals surface area (Å²) in [5.41, 5.74) is 3.78. The molecule has 6 rings (SSSR count). The molecule has 0 aromatic heterocycles. The van der Waals surface area contributed by atoms with Gasteiger partial charge in [-0.15, -0.1) is 0 Å². The van der Waals surface area contributed by atoms with Crippen LogP contribution in [0.5, 0.6) is 5.75 Å². The Labute approximate surface area is 312 Å². The highest BCUT2D eigenvalue weighted by atomic mass is 16.6. The van der Waals surface area contributed by atoms with E-state index in [2.05, 4.69) is 15.5 Å². The maximum atomic E-state index is 14.0. The van der Waals surface area contributed by atoms with Crippen molar-refractivity contribution in [2.24, 2.45) is 5.92 Å². The van der Waals surface area contributed by atoms with Crippen LogP contribution in [0.3, 0.4) is 0 Å². The van der Waals surface area contributed by atoms with Crippen LogP contribution < -0.4 is 15.4 Å². The number of carbonyl (C=O) groups is 2. The van der Waals surface area contributed by atoms with Crippen molar-refractivity contribution in [2.45, 2.75) is 68.9 Å². The van der Waals surface area contributed by atoms with Gasteiger partial charge in [0.15, 0.2) is 0 Å². The Balaban J connectivity index is 1.13. The van der Waals surface area contributed by atoms with E-state index < -0.39 is 36.3 Å². The van der Waals surface area contributed by atoms with Gasteiger partial charge in [-0.3, -0.25) is 9.69 Å². The van der Waals surface area contributed by atoms with Gasteiger partial charge in [-0.25, -0.2) is 4.79 Å². The summed E-state index contributed by atoms with van der Waals surface area (Å²) in [6.45, 7) is 5.80. The number of allylic oxidation sites excluding steroid dienone is 1. The Hall–Kier alpha value is -4.26. The number of benzene rings is 3. The lowest BCUT2D eigenvalue weighted by atomic mass is 9.90. The third-order valence-electron chi connectivity index (χ3n) is 10.2. The van der Waals surface area contributed by atoms with Gasteiger partial charge in [0.1, 0.15) is 18.5 Å². The lowest BCUT2D eigenvalue weighted by molar-refractivity contribution is -0.127. The second kappa shape index (κ2) is 19.7. The molecule has 3 aromatic carbocycles. The topological polar surface area (TPSA) is 139 Å². The first-order chi connectivity index (χ1) is 25.9.